The Kier molecular flexibility index (Phi) is 3.80. The molecule has 0 atom stereocenters. The molecule has 0 saturated heterocycles. The highest BCUT2D eigenvalue weighted by molar-refractivity contribution is 6.09. The molecule has 9 nitrogen and oxygen atoms in total. The first-order valence-corrected chi connectivity index (χ1v) is 4.80. The van der Waals surface area contributed by atoms with Crippen molar-refractivity contribution >= 4 is 23.5 Å². The average Bonchev–Trinajstić information content (AvgIpc) is 2.35. The zero-order valence-corrected chi connectivity index (χ0v) is 9.54. The lowest BCUT2D eigenvalue weighted by Crippen LogP contribution is -2.22. The van der Waals surface area contributed by atoms with Crippen molar-refractivity contribution in [2.24, 2.45) is 0 Å². The van der Waals surface area contributed by atoms with Gasteiger partial charge in [0.05, 0.1) is 16.1 Å². The third-order valence-corrected chi connectivity index (χ3v) is 2.25. The second kappa shape index (κ2) is 5.12. The van der Waals surface area contributed by atoms with Crippen LogP contribution in [0.1, 0.15) is 31.1 Å². The number of benzene rings is 1. The highest BCUT2D eigenvalue weighted by Crippen LogP contribution is 2.25. The normalized spacial score (nSPS) is 9.74. The fourth-order valence-electron chi connectivity index (χ4n) is 1.43. The van der Waals surface area contributed by atoms with Crippen LogP contribution in [0.15, 0.2) is 12.1 Å². The Labute approximate surface area is 105 Å². The molecule has 0 aliphatic heterocycles. The molecule has 1 amide bonds. The first-order valence-electron chi connectivity index (χ1n) is 4.80. The molecule has 0 aliphatic rings. The van der Waals surface area contributed by atoms with Crippen LogP contribution in [-0.2, 0) is 0 Å². The van der Waals surface area contributed by atoms with Crippen LogP contribution >= 0.6 is 0 Å². The summed E-state index contributed by atoms with van der Waals surface area (Å²) in [5, 5.41) is 30.6. The van der Waals surface area contributed by atoms with E-state index in [-0.39, 0.29) is 0 Å². The second-order valence-electron chi connectivity index (χ2n) is 3.36. The Hall–Kier alpha value is -2.97. The molecule has 1 aromatic carbocycles. The molecule has 0 aliphatic carbocycles. The molecule has 100 valence electrons. The summed E-state index contributed by atoms with van der Waals surface area (Å²) in [6.45, 7) is 0. The first kappa shape index (κ1) is 14.1. The van der Waals surface area contributed by atoms with Gasteiger partial charge in [-0.05, 0) is 6.07 Å². The van der Waals surface area contributed by atoms with Gasteiger partial charge in [-0.3, -0.25) is 14.9 Å². The van der Waals surface area contributed by atoms with Crippen molar-refractivity contribution in [3.63, 3.8) is 0 Å². The topological polar surface area (TPSA) is 147 Å². The molecule has 0 saturated carbocycles. The highest BCUT2D eigenvalue weighted by atomic mass is 16.6. The number of carbonyl (C=O) groups excluding carboxylic acids is 1. The van der Waals surface area contributed by atoms with Crippen LogP contribution in [0.2, 0.25) is 0 Å². The average molecular weight is 268 g/mol. The van der Waals surface area contributed by atoms with E-state index in [4.69, 9.17) is 10.2 Å². The number of nitrogens with one attached hydrogen (secondary N) is 1. The van der Waals surface area contributed by atoms with E-state index in [0.29, 0.717) is 6.07 Å². The van der Waals surface area contributed by atoms with Crippen LogP contribution in [0.5, 0.6) is 0 Å². The van der Waals surface area contributed by atoms with Crippen molar-refractivity contribution in [2.45, 2.75) is 0 Å². The number of hydrogen-bond donors (Lipinski definition) is 3. The Morgan fingerprint density at radius 1 is 1.21 bits per heavy atom. The van der Waals surface area contributed by atoms with Gasteiger partial charge in [-0.2, -0.15) is 0 Å². The van der Waals surface area contributed by atoms with Crippen LogP contribution in [0.3, 0.4) is 0 Å². The monoisotopic (exact) mass is 268 g/mol. The SMILES string of the molecule is CNC(=O)c1cc(C(=O)O)cc([N+](=O)[O-])c1C(=O)O. The summed E-state index contributed by atoms with van der Waals surface area (Å²) in [6.07, 6.45) is 0. The predicted octanol–water partition coefficient (Wildman–Crippen LogP) is 0.351. The highest BCUT2D eigenvalue weighted by Gasteiger charge is 2.29. The number of carboxylic acids is 2. The van der Waals surface area contributed by atoms with Crippen LogP contribution in [0, 0.1) is 10.1 Å². The van der Waals surface area contributed by atoms with Crippen molar-refractivity contribution in [2.75, 3.05) is 7.05 Å². The molecule has 3 N–H and O–H groups in total. The lowest BCUT2D eigenvalue weighted by atomic mass is 10.0. The number of rotatable bonds is 4. The zero-order chi connectivity index (χ0) is 14.7. The molecule has 0 radical (unpaired) electrons. The van der Waals surface area contributed by atoms with E-state index in [1.54, 1.807) is 0 Å². The minimum Gasteiger partial charge on any atom is -0.478 e. The Morgan fingerprint density at radius 2 is 1.79 bits per heavy atom. The van der Waals surface area contributed by atoms with Gasteiger partial charge in [-0.25, -0.2) is 9.59 Å². The molecule has 1 rings (SSSR count). The molecule has 19 heavy (non-hydrogen) atoms. The van der Waals surface area contributed by atoms with Gasteiger partial charge in [-0.15, -0.1) is 0 Å². The molecule has 0 bridgehead atoms. The number of hydrogen-bond acceptors (Lipinski definition) is 5. The van der Waals surface area contributed by atoms with Crippen molar-refractivity contribution in [1.29, 1.82) is 0 Å². The molecule has 0 fully saturated rings. The summed E-state index contributed by atoms with van der Waals surface area (Å²) in [5.41, 5.74) is -2.93. The molecule has 0 heterocycles. The number of carbonyl (C=O) groups is 3. The second-order valence-corrected chi connectivity index (χ2v) is 3.36. The number of amides is 1. The van der Waals surface area contributed by atoms with E-state index in [1.807, 2.05) is 0 Å². The Morgan fingerprint density at radius 3 is 2.16 bits per heavy atom. The summed E-state index contributed by atoms with van der Waals surface area (Å²) in [6, 6.07) is 1.37. The summed E-state index contributed by atoms with van der Waals surface area (Å²) in [4.78, 5) is 43.1. The minimum atomic E-state index is -1.69. The maximum absolute atomic E-state index is 11.5. The van der Waals surface area contributed by atoms with Crippen LogP contribution in [0.4, 0.5) is 5.69 Å². The summed E-state index contributed by atoms with van der Waals surface area (Å²) in [7, 11) is 1.19. The van der Waals surface area contributed by atoms with Crippen molar-refractivity contribution in [3.05, 3.63) is 38.9 Å². The van der Waals surface area contributed by atoms with Crippen LogP contribution in [-0.4, -0.2) is 40.0 Å². The quantitative estimate of drug-likeness (QED) is 0.527. The van der Waals surface area contributed by atoms with Gasteiger partial charge < -0.3 is 15.5 Å². The van der Waals surface area contributed by atoms with Gasteiger partial charge in [0.2, 0.25) is 0 Å². The molecule has 0 spiro atoms. The molecule has 1 aromatic rings. The largest absolute Gasteiger partial charge is 0.478 e. The van der Waals surface area contributed by atoms with Crippen LogP contribution < -0.4 is 5.32 Å². The minimum absolute atomic E-state index is 0.546. The fraction of sp³-hybridized carbons (Fsp3) is 0.100. The maximum Gasteiger partial charge on any atom is 0.343 e. The number of aromatic carboxylic acids is 2. The van der Waals surface area contributed by atoms with Gasteiger partial charge in [0.1, 0.15) is 5.56 Å². The molecule has 0 unspecified atom stereocenters. The number of carboxylic acid groups (broad SMARTS) is 2. The van der Waals surface area contributed by atoms with Gasteiger partial charge >= 0.3 is 11.9 Å². The van der Waals surface area contributed by atoms with E-state index in [0.717, 1.165) is 6.07 Å². The number of nitro groups is 1. The van der Waals surface area contributed by atoms with E-state index in [1.165, 1.54) is 7.05 Å². The van der Waals surface area contributed by atoms with E-state index >= 15 is 0 Å². The molecule has 0 aromatic heterocycles. The lowest BCUT2D eigenvalue weighted by molar-refractivity contribution is -0.385. The Balaban J connectivity index is 3.75. The van der Waals surface area contributed by atoms with Gasteiger partial charge in [-0.1, -0.05) is 0 Å². The zero-order valence-electron chi connectivity index (χ0n) is 9.54. The predicted molar refractivity (Wildman–Crippen MR) is 60.4 cm³/mol. The number of nitrogens with zero attached hydrogens (tertiary/aromatic N) is 1. The van der Waals surface area contributed by atoms with E-state index < -0.39 is 45.1 Å². The smallest absolute Gasteiger partial charge is 0.343 e. The van der Waals surface area contributed by atoms with Crippen LogP contribution in [0.25, 0.3) is 0 Å². The summed E-state index contributed by atoms with van der Waals surface area (Å²) >= 11 is 0. The third kappa shape index (κ3) is 2.65. The summed E-state index contributed by atoms with van der Waals surface area (Å²) < 4.78 is 0. The van der Waals surface area contributed by atoms with Gasteiger partial charge in [0.25, 0.3) is 11.6 Å². The molecular formula is C10H8N2O7. The lowest BCUT2D eigenvalue weighted by Gasteiger charge is -2.07. The third-order valence-electron chi connectivity index (χ3n) is 2.25. The summed E-state index contributed by atoms with van der Waals surface area (Å²) in [5.74, 6) is -4.13. The molecule has 9 heteroatoms. The Bertz CT molecular complexity index is 594. The first-order chi connectivity index (χ1) is 8.79. The van der Waals surface area contributed by atoms with Crippen molar-refractivity contribution < 1.29 is 29.5 Å². The van der Waals surface area contributed by atoms with Gasteiger partial charge in [0, 0.05) is 13.1 Å². The van der Waals surface area contributed by atoms with E-state index in [9.17, 15) is 24.5 Å². The van der Waals surface area contributed by atoms with Crippen molar-refractivity contribution in [1.82, 2.24) is 5.32 Å². The number of nitro benzene ring substituents is 1. The van der Waals surface area contributed by atoms with Crippen molar-refractivity contribution in [3.8, 4) is 0 Å². The standard InChI is InChI=1S/C10H8N2O7/c1-11-8(13)5-2-4(9(14)15)3-6(12(18)19)7(5)10(16)17/h2-3H,1H3,(H,11,13)(H,14,15)(H,16,17). The van der Waals surface area contributed by atoms with Gasteiger partial charge in [0.15, 0.2) is 0 Å². The maximum atomic E-state index is 11.5. The fourth-order valence-corrected chi connectivity index (χ4v) is 1.43. The van der Waals surface area contributed by atoms with E-state index in [2.05, 4.69) is 5.32 Å². The molecular weight excluding hydrogens is 260 g/mol.